The smallest absolute Gasteiger partial charge is 0.128 e. The van der Waals surface area contributed by atoms with Crippen LogP contribution in [0, 0.1) is 5.41 Å². The Bertz CT molecular complexity index is 495. The number of rotatable bonds is 6. The fraction of sp³-hybridized carbons (Fsp3) is 0.706. The molecule has 0 spiro atoms. The summed E-state index contributed by atoms with van der Waals surface area (Å²) in [4.78, 5) is 7.25. The van der Waals surface area contributed by atoms with E-state index >= 15 is 0 Å². The van der Waals surface area contributed by atoms with Crippen molar-refractivity contribution >= 4 is 17.4 Å². The van der Waals surface area contributed by atoms with E-state index in [4.69, 9.17) is 16.6 Å². The monoisotopic (exact) mass is 307 g/mol. The van der Waals surface area contributed by atoms with Crippen LogP contribution in [0.2, 0.25) is 5.02 Å². The van der Waals surface area contributed by atoms with Gasteiger partial charge in [0, 0.05) is 25.7 Å². The highest BCUT2D eigenvalue weighted by Crippen LogP contribution is 2.38. The minimum absolute atomic E-state index is 0.480. The quantitative estimate of drug-likeness (QED) is 0.861. The summed E-state index contributed by atoms with van der Waals surface area (Å²) in [6.45, 7) is 7.66. The summed E-state index contributed by atoms with van der Waals surface area (Å²) in [6.07, 6.45) is 6.37. The summed E-state index contributed by atoms with van der Waals surface area (Å²) in [5.74, 6) is 1.09. The molecule has 4 heteroatoms. The number of nitrogens with zero attached hydrogens (tertiary/aromatic N) is 2. The summed E-state index contributed by atoms with van der Waals surface area (Å²) in [5.41, 5.74) is 1.47. The van der Waals surface area contributed by atoms with E-state index in [1.807, 2.05) is 6.07 Å². The van der Waals surface area contributed by atoms with Gasteiger partial charge < -0.3 is 10.2 Å². The number of hydrogen-bond donors (Lipinski definition) is 1. The number of pyridine rings is 1. The van der Waals surface area contributed by atoms with Crippen LogP contribution < -0.4 is 10.2 Å². The molecule has 0 atom stereocenters. The number of hydrogen-bond acceptors (Lipinski definition) is 3. The van der Waals surface area contributed by atoms with E-state index in [9.17, 15) is 0 Å². The molecule has 1 N–H and O–H groups in total. The first-order chi connectivity index (χ1) is 10.2. The minimum Gasteiger partial charge on any atom is -0.356 e. The Kier molecular flexibility index (Phi) is 4.41. The molecular formula is C17H26ClN3. The van der Waals surface area contributed by atoms with Gasteiger partial charge in [0.2, 0.25) is 0 Å². The molecule has 3 rings (SSSR count). The molecule has 116 valence electrons. The van der Waals surface area contributed by atoms with E-state index < -0.39 is 0 Å². The van der Waals surface area contributed by atoms with Crippen LogP contribution in [-0.2, 0) is 6.54 Å². The van der Waals surface area contributed by atoms with Crippen molar-refractivity contribution in [2.24, 2.45) is 5.41 Å². The topological polar surface area (TPSA) is 28.2 Å². The van der Waals surface area contributed by atoms with Gasteiger partial charge in [-0.15, -0.1) is 0 Å². The zero-order valence-corrected chi connectivity index (χ0v) is 13.9. The first-order valence-electron chi connectivity index (χ1n) is 8.29. The Labute approximate surface area is 133 Å². The molecule has 0 unspecified atom stereocenters. The van der Waals surface area contributed by atoms with Crippen molar-refractivity contribution in [3.8, 4) is 0 Å². The van der Waals surface area contributed by atoms with Crippen LogP contribution in [0.25, 0.3) is 0 Å². The van der Waals surface area contributed by atoms with E-state index in [2.05, 4.69) is 30.1 Å². The predicted molar refractivity (Wildman–Crippen MR) is 89.0 cm³/mol. The third-order valence-corrected chi connectivity index (χ3v) is 5.65. The van der Waals surface area contributed by atoms with E-state index in [1.165, 1.54) is 32.1 Å². The molecule has 21 heavy (non-hydrogen) atoms. The summed E-state index contributed by atoms with van der Waals surface area (Å²) >= 11 is 6.30. The molecule has 1 aliphatic heterocycles. The number of halogens is 1. The molecule has 1 aliphatic carbocycles. The van der Waals surface area contributed by atoms with E-state index in [-0.39, 0.29) is 0 Å². The third kappa shape index (κ3) is 3.35. The average Bonchev–Trinajstić information content (AvgIpc) is 3.24. The van der Waals surface area contributed by atoms with Crippen molar-refractivity contribution in [2.75, 3.05) is 18.0 Å². The van der Waals surface area contributed by atoms with Crippen LogP contribution in [0.15, 0.2) is 12.1 Å². The zero-order valence-electron chi connectivity index (χ0n) is 13.2. The molecular weight excluding hydrogens is 282 g/mol. The van der Waals surface area contributed by atoms with Crippen LogP contribution in [0.1, 0.15) is 51.6 Å². The highest BCUT2D eigenvalue weighted by molar-refractivity contribution is 6.31. The van der Waals surface area contributed by atoms with Gasteiger partial charge in [-0.25, -0.2) is 4.98 Å². The van der Waals surface area contributed by atoms with Crippen molar-refractivity contribution < 1.29 is 0 Å². The Hall–Kier alpha value is -0.800. The molecule has 0 amide bonds. The van der Waals surface area contributed by atoms with E-state index in [1.54, 1.807) is 0 Å². The minimum atomic E-state index is 0.480. The normalized spacial score (nSPS) is 21.0. The fourth-order valence-corrected chi connectivity index (χ4v) is 3.43. The van der Waals surface area contributed by atoms with E-state index in [0.29, 0.717) is 11.5 Å². The van der Waals surface area contributed by atoms with Gasteiger partial charge >= 0.3 is 0 Å². The van der Waals surface area contributed by atoms with E-state index in [0.717, 1.165) is 36.2 Å². The third-order valence-electron chi connectivity index (χ3n) is 5.30. The Morgan fingerprint density at radius 1 is 1.33 bits per heavy atom. The maximum Gasteiger partial charge on any atom is 0.128 e. The number of nitrogens with one attached hydrogen (secondary N) is 1. The Morgan fingerprint density at radius 3 is 2.71 bits per heavy atom. The lowest BCUT2D eigenvalue weighted by Gasteiger charge is -2.27. The summed E-state index contributed by atoms with van der Waals surface area (Å²) in [5, 5.41) is 4.29. The van der Waals surface area contributed by atoms with Gasteiger partial charge in [-0.3, -0.25) is 0 Å². The van der Waals surface area contributed by atoms with Crippen molar-refractivity contribution in [3.05, 3.63) is 22.8 Å². The second kappa shape index (κ2) is 6.13. The second-order valence-electron chi connectivity index (χ2n) is 6.63. The number of aromatic nitrogens is 1. The van der Waals surface area contributed by atoms with Crippen LogP contribution in [0.5, 0.6) is 0 Å². The molecule has 2 aliphatic rings. The lowest BCUT2D eigenvalue weighted by Crippen LogP contribution is -2.27. The molecule has 0 radical (unpaired) electrons. The Balaban J connectivity index is 1.71. The largest absolute Gasteiger partial charge is 0.356 e. The maximum absolute atomic E-state index is 6.30. The molecule has 0 aromatic carbocycles. The van der Waals surface area contributed by atoms with Crippen LogP contribution >= 0.6 is 11.6 Å². The molecule has 1 saturated carbocycles. The standard InChI is InChI=1S/C17H26ClN3/c1-3-17(4-2)9-10-21(12-17)16-8-7-14(18)15(20-16)11-19-13-5-6-13/h7-8,13,19H,3-6,9-12H2,1-2H3. The molecule has 0 bridgehead atoms. The van der Waals surface area contributed by atoms with Gasteiger partial charge in [0.05, 0.1) is 10.7 Å². The van der Waals surface area contributed by atoms with Crippen molar-refractivity contribution in [1.82, 2.24) is 10.3 Å². The highest BCUT2D eigenvalue weighted by Gasteiger charge is 2.35. The molecule has 1 saturated heterocycles. The molecule has 3 nitrogen and oxygen atoms in total. The summed E-state index contributed by atoms with van der Waals surface area (Å²) < 4.78 is 0. The molecule has 2 fully saturated rings. The first kappa shape index (κ1) is 15.1. The molecule has 1 aromatic heterocycles. The van der Waals surface area contributed by atoms with Gasteiger partial charge in [0.1, 0.15) is 5.82 Å². The van der Waals surface area contributed by atoms with Crippen molar-refractivity contribution in [1.29, 1.82) is 0 Å². The summed E-state index contributed by atoms with van der Waals surface area (Å²) in [7, 11) is 0. The Morgan fingerprint density at radius 2 is 2.10 bits per heavy atom. The predicted octanol–water partition coefficient (Wildman–Crippen LogP) is 4.00. The van der Waals surface area contributed by atoms with Gasteiger partial charge in [-0.05, 0) is 49.7 Å². The van der Waals surface area contributed by atoms with Gasteiger partial charge in [-0.2, -0.15) is 0 Å². The first-order valence-corrected chi connectivity index (χ1v) is 8.67. The van der Waals surface area contributed by atoms with Gasteiger partial charge in [-0.1, -0.05) is 25.4 Å². The second-order valence-corrected chi connectivity index (χ2v) is 7.04. The SMILES string of the molecule is CCC1(CC)CCN(c2ccc(Cl)c(CNC3CC3)n2)C1. The molecule has 1 aromatic rings. The average molecular weight is 308 g/mol. The lowest BCUT2D eigenvalue weighted by molar-refractivity contribution is 0.301. The van der Waals surface area contributed by atoms with Crippen LogP contribution in [0.3, 0.4) is 0 Å². The molecule has 2 heterocycles. The highest BCUT2D eigenvalue weighted by atomic mass is 35.5. The van der Waals surface area contributed by atoms with Gasteiger partial charge in [0.15, 0.2) is 0 Å². The van der Waals surface area contributed by atoms with Crippen molar-refractivity contribution in [3.63, 3.8) is 0 Å². The summed E-state index contributed by atoms with van der Waals surface area (Å²) in [6, 6.07) is 4.77. The zero-order chi connectivity index (χ0) is 14.9. The van der Waals surface area contributed by atoms with Crippen LogP contribution in [0.4, 0.5) is 5.82 Å². The van der Waals surface area contributed by atoms with Crippen LogP contribution in [-0.4, -0.2) is 24.1 Å². The number of anilines is 1. The lowest BCUT2D eigenvalue weighted by atomic mass is 9.82. The van der Waals surface area contributed by atoms with Gasteiger partial charge in [0.25, 0.3) is 0 Å². The fourth-order valence-electron chi connectivity index (χ4n) is 3.26. The van der Waals surface area contributed by atoms with Crippen molar-refractivity contribution in [2.45, 2.75) is 58.5 Å². The maximum atomic E-state index is 6.30.